The third kappa shape index (κ3) is 6.44. The molecule has 9 nitrogen and oxygen atoms in total. The topological polar surface area (TPSA) is 97.4 Å². The van der Waals surface area contributed by atoms with Gasteiger partial charge in [0.05, 0.1) is 13.1 Å². The van der Waals surface area contributed by atoms with Crippen LogP contribution in [0.5, 0.6) is 0 Å². The van der Waals surface area contributed by atoms with Crippen molar-refractivity contribution in [3.05, 3.63) is 65.2 Å². The van der Waals surface area contributed by atoms with E-state index in [0.717, 1.165) is 16.7 Å². The number of nitrogens with zero attached hydrogens (tertiary/aromatic N) is 2. The Morgan fingerprint density at radius 1 is 1.11 bits per heavy atom. The van der Waals surface area contributed by atoms with E-state index in [1.165, 1.54) is 4.90 Å². The summed E-state index contributed by atoms with van der Waals surface area (Å²) in [5.74, 6) is 0. The Bertz CT molecular complexity index is 1080. The first-order valence-corrected chi connectivity index (χ1v) is 11.7. The van der Waals surface area contributed by atoms with Crippen LogP contribution in [0.1, 0.15) is 37.5 Å². The zero-order valence-electron chi connectivity index (χ0n) is 20.3. The number of hydrogen-bond donors (Lipinski definition) is 1. The Hall–Kier alpha value is -3.75. The number of amides is 3. The zero-order valence-corrected chi connectivity index (χ0v) is 20.3. The van der Waals surface area contributed by atoms with Crippen LogP contribution in [0.3, 0.4) is 0 Å². The van der Waals surface area contributed by atoms with Gasteiger partial charge < -0.3 is 24.4 Å². The number of alkyl carbamates (subject to hydrolysis) is 1. The molecule has 1 atom stereocenters. The van der Waals surface area contributed by atoms with Crippen molar-refractivity contribution in [2.24, 2.45) is 0 Å². The SMILES string of the molecule is CC(C)(C)OC(=O)NC[C@@H]1CN(c2ccc3c(c2)CN(C(=O)OCc2ccccc2)CC3)C(=O)O1. The van der Waals surface area contributed by atoms with Crippen LogP contribution in [-0.4, -0.2) is 54.5 Å². The van der Waals surface area contributed by atoms with Crippen LogP contribution in [-0.2, 0) is 33.8 Å². The fourth-order valence-electron chi connectivity index (χ4n) is 4.03. The highest BCUT2D eigenvalue weighted by Crippen LogP contribution is 2.28. The molecule has 2 aromatic carbocycles. The number of rotatable bonds is 5. The molecule has 2 aromatic rings. The lowest BCUT2D eigenvalue weighted by Gasteiger charge is -2.29. The Morgan fingerprint density at radius 3 is 2.63 bits per heavy atom. The summed E-state index contributed by atoms with van der Waals surface area (Å²) in [5, 5.41) is 2.64. The lowest BCUT2D eigenvalue weighted by Crippen LogP contribution is -2.38. The molecule has 0 unspecified atom stereocenters. The molecule has 186 valence electrons. The predicted octanol–water partition coefficient (Wildman–Crippen LogP) is 4.23. The van der Waals surface area contributed by atoms with Crippen LogP contribution in [0.25, 0.3) is 0 Å². The molecule has 1 saturated heterocycles. The molecule has 35 heavy (non-hydrogen) atoms. The van der Waals surface area contributed by atoms with Crippen LogP contribution < -0.4 is 10.2 Å². The smallest absolute Gasteiger partial charge is 0.414 e. The van der Waals surface area contributed by atoms with Crippen LogP contribution in [0.15, 0.2) is 48.5 Å². The van der Waals surface area contributed by atoms with Gasteiger partial charge in [0.25, 0.3) is 0 Å². The summed E-state index contributed by atoms with van der Waals surface area (Å²) in [6, 6.07) is 15.3. The van der Waals surface area contributed by atoms with Gasteiger partial charge in [-0.25, -0.2) is 14.4 Å². The van der Waals surface area contributed by atoms with Gasteiger partial charge in [-0.3, -0.25) is 4.90 Å². The number of hydrogen-bond acceptors (Lipinski definition) is 6. The van der Waals surface area contributed by atoms with Crippen molar-refractivity contribution < 1.29 is 28.6 Å². The normalized spacial score (nSPS) is 17.5. The van der Waals surface area contributed by atoms with Crippen molar-refractivity contribution in [2.75, 3.05) is 24.5 Å². The van der Waals surface area contributed by atoms with Gasteiger partial charge in [-0.1, -0.05) is 36.4 Å². The van der Waals surface area contributed by atoms with Crippen molar-refractivity contribution in [2.45, 2.75) is 52.0 Å². The standard InChI is InChI=1S/C26H31N3O6/c1-26(2,3)35-23(30)27-14-22-16-29(25(32)34-22)21-10-9-19-11-12-28(15-20(19)13-21)24(31)33-17-18-7-5-4-6-8-18/h4-10,13,22H,11-12,14-17H2,1-3H3,(H,27,30)/t22-/m1/s1. The lowest BCUT2D eigenvalue weighted by atomic mass is 9.99. The number of cyclic esters (lactones) is 1. The molecule has 0 bridgehead atoms. The van der Waals surface area contributed by atoms with Crippen molar-refractivity contribution >= 4 is 24.0 Å². The second kappa shape index (κ2) is 10.2. The fraction of sp³-hybridized carbons (Fsp3) is 0.423. The maximum atomic E-state index is 12.6. The summed E-state index contributed by atoms with van der Waals surface area (Å²) in [6.45, 7) is 7.01. The molecule has 9 heteroatoms. The minimum Gasteiger partial charge on any atom is -0.445 e. The molecule has 0 radical (unpaired) electrons. The van der Waals surface area contributed by atoms with Gasteiger partial charge in [-0.15, -0.1) is 0 Å². The summed E-state index contributed by atoms with van der Waals surface area (Å²) in [5.41, 5.74) is 3.12. The van der Waals surface area contributed by atoms with Crippen LogP contribution in [0.2, 0.25) is 0 Å². The number of carbonyl (C=O) groups is 3. The van der Waals surface area contributed by atoms with Crippen LogP contribution >= 0.6 is 0 Å². The highest BCUT2D eigenvalue weighted by Gasteiger charge is 2.33. The highest BCUT2D eigenvalue weighted by atomic mass is 16.6. The molecule has 2 aliphatic heterocycles. The fourth-order valence-corrected chi connectivity index (χ4v) is 4.03. The van der Waals surface area contributed by atoms with Crippen molar-refractivity contribution in [1.82, 2.24) is 10.2 Å². The van der Waals surface area contributed by atoms with Gasteiger partial charge in [0.2, 0.25) is 0 Å². The maximum Gasteiger partial charge on any atom is 0.414 e. The van der Waals surface area contributed by atoms with E-state index in [0.29, 0.717) is 31.7 Å². The molecule has 0 aliphatic carbocycles. The van der Waals surface area contributed by atoms with E-state index in [-0.39, 0.29) is 19.2 Å². The number of anilines is 1. The first-order valence-electron chi connectivity index (χ1n) is 11.7. The van der Waals surface area contributed by atoms with Crippen molar-refractivity contribution in [3.63, 3.8) is 0 Å². The average molecular weight is 482 g/mol. The Balaban J connectivity index is 1.34. The number of benzene rings is 2. The van der Waals surface area contributed by atoms with Gasteiger partial charge >= 0.3 is 18.3 Å². The van der Waals surface area contributed by atoms with Crippen LogP contribution in [0, 0.1) is 0 Å². The molecule has 1 fully saturated rings. The number of carbonyl (C=O) groups excluding carboxylic acids is 3. The minimum atomic E-state index is -0.604. The van der Waals surface area contributed by atoms with E-state index in [1.807, 2.05) is 48.5 Å². The predicted molar refractivity (Wildman–Crippen MR) is 129 cm³/mol. The van der Waals surface area contributed by atoms with Gasteiger partial charge in [-0.2, -0.15) is 0 Å². The summed E-state index contributed by atoms with van der Waals surface area (Å²) in [6.07, 6.45) is -1.17. The van der Waals surface area contributed by atoms with E-state index in [4.69, 9.17) is 14.2 Å². The second-order valence-corrected chi connectivity index (χ2v) is 9.66. The highest BCUT2D eigenvalue weighted by molar-refractivity contribution is 5.90. The minimum absolute atomic E-state index is 0.156. The molecule has 0 spiro atoms. The van der Waals surface area contributed by atoms with Crippen molar-refractivity contribution in [1.29, 1.82) is 0 Å². The maximum absolute atomic E-state index is 12.6. The quantitative estimate of drug-likeness (QED) is 0.642. The molecule has 1 N–H and O–H groups in total. The molecular weight excluding hydrogens is 450 g/mol. The molecule has 3 amide bonds. The average Bonchev–Trinajstić information content (AvgIpc) is 3.20. The summed E-state index contributed by atoms with van der Waals surface area (Å²) >= 11 is 0. The van der Waals surface area contributed by atoms with Gasteiger partial charge in [0, 0.05) is 18.8 Å². The van der Waals surface area contributed by atoms with E-state index in [1.54, 1.807) is 25.7 Å². The monoisotopic (exact) mass is 481 g/mol. The largest absolute Gasteiger partial charge is 0.445 e. The Morgan fingerprint density at radius 2 is 1.89 bits per heavy atom. The second-order valence-electron chi connectivity index (χ2n) is 9.66. The summed E-state index contributed by atoms with van der Waals surface area (Å²) < 4.78 is 16.1. The van der Waals surface area contributed by atoms with E-state index >= 15 is 0 Å². The van der Waals surface area contributed by atoms with E-state index in [9.17, 15) is 14.4 Å². The first kappa shape index (κ1) is 24.4. The first-order chi connectivity index (χ1) is 16.7. The van der Waals surface area contributed by atoms with E-state index in [2.05, 4.69) is 5.32 Å². The summed E-state index contributed by atoms with van der Waals surface area (Å²) in [4.78, 5) is 40.2. The Kier molecular flexibility index (Phi) is 7.14. The zero-order chi connectivity index (χ0) is 25.0. The molecule has 4 rings (SSSR count). The number of fused-ring (bicyclic) bond motifs is 1. The van der Waals surface area contributed by atoms with Crippen LogP contribution in [0.4, 0.5) is 20.1 Å². The lowest BCUT2D eigenvalue weighted by molar-refractivity contribution is 0.0496. The third-order valence-corrected chi connectivity index (χ3v) is 5.72. The van der Waals surface area contributed by atoms with E-state index < -0.39 is 23.9 Å². The van der Waals surface area contributed by atoms with Gasteiger partial charge in [-0.05, 0) is 56.0 Å². The van der Waals surface area contributed by atoms with Crippen molar-refractivity contribution in [3.8, 4) is 0 Å². The molecule has 2 heterocycles. The Labute approximate surface area is 204 Å². The van der Waals surface area contributed by atoms with Gasteiger partial charge in [0.1, 0.15) is 18.3 Å². The number of nitrogens with one attached hydrogen (secondary N) is 1. The molecule has 0 saturated carbocycles. The molecular formula is C26H31N3O6. The number of ether oxygens (including phenoxy) is 3. The van der Waals surface area contributed by atoms with Gasteiger partial charge in [0.15, 0.2) is 0 Å². The molecule has 2 aliphatic rings. The molecule has 0 aromatic heterocycles. The summed E-state index contributed by atoms with van der Waals surface area (Å²) in [7, 11) is 0. The third-order valence-electron chi connectivity index (χ3n) is 5.72.